The molecule has 0 atom stereocenters. The van der Waals surface area contributed by atoms with Crippen molar-refractivity contribution in [3.8, 4) is 0 Å². The molecule has 0 aliphatic heterocycles. The Labute approximate surface area is 99.6 Å². The monoisotopic (exact) mass is 229 g/mol. The molecule has 16 heavy (non-hydrogen) atoms. The summed E-state index contributed by atoms with van der Waals surface area (Å²) in [7, 11) is 0. The van der Waals surface area contributed by atoms with E-state index >= 15 is 0 Å². The van der Waals surface area contributed by atoms with Crippen LogP contribution in [0, 0.1) is 0 Å². The first-order chi connectivity index (χ1) is 7.47. The van der Waals surface area contributed by atoms with Gasteiger partial charge in [0.05, 0.1) is 18.8 Å². The van der Waals surface area contributed by atoms with Crippen LogP contribution in [0.2, 0.25) is 0 Å². The van der Waals surface area contributed by atoms with Gasteiger partial charge in [0.1, 0.15) is 0 Å². The lowest BCUT2D eigenvalue weighted by Crippen LogP contribution is -2.51. The zero-order chi connectivity index (χ0) is 12.1. The Balaban J connectivity index is 2.23. The van der Waals surface area contributed by atoms with Gasteiger partial charge in [-0.3, -0.25) is 0 Å². The molecule has 0 radical (unpaired) electrons. The number of nitrogens with one attached hydrogen (secondary N) is 1. The van der Waals surface area contributed by atoms with E-state index in [0.29, 0.717) is 6.61 Å². The highest BCUT2D eigenvalue weighted by molar-refractivity contribution is 4.90. The Bertz CT molecular complexity index is 193. The first-order valence-corrected chi connectivity index (χ1v) is 6.47. The second kappa shape index (κ2) is 5.99. The fourth-order valence-electron chi connectivity index (χ4n) is 2.29. The van der Waals surface area contributed by atoms with Crippen LogP contribution in [0.4, 0.5) is 0 Å². The third kappa shape index (κ3) is 4.81. The van der Waals surface area contributed by atoms with Crippen molar-refractivity contribution < 1.29 is 9.84 Å². The molecule has 1 saturated carbocycles. The van der Waals surface area contributed by atoms with Gasteiger partial charge < -0.3 is 15.2 Å². The number of hydrogen-bond donors (Lipinski definition) is 2. The van der Waals surface area contributed by atoms with Crippen molar-refractivity contribution >= 4 is 0 Å². The molecule has 0 aromatic carbocycles. The predicted molar refractivity (Wildman–Crippen MR) is 66.6 cm³/mol. The molecule has 96 valence electrons. The lowest BCUT2D eigenvalue weighted by atomic mass is 9.82. The van der Waals surface area contributed by atoms with Crippen LogP contribution in [0.3, 0.4) is 0 Å². The molecule has 0 saturated heterocycles. The molecule has 0 aromatic heterocycles. The van der Waals surface area contributed by atoms with Crippen LogP contribution in [0.25, 0.3) is 0 Å². The molecule has 0 aromatic rings. The van der Waals surface area contributed by atoms with Crippen LogP contribution in [0.5, 0.6) is 0 Å². The van der Waals surface area contributed by atoms with Crippen molar-refractivity contribution in [1.82, 2.24) is 5.32 Å². The molecule has 2 N–H and O–H groups in total. The van der Waals surface area contributed by atoms with Crippen molar-refractivity contribution in [3.63, 3.8) is 0 Å². The summed E-state index contributed by atoms with van der Waals surface area (Å²) in [5.41, 5.74) is -0.0971. The van der Waals surface area contributed by atoms with E-state index in [-0.39, 0.29) is 17.7 Å². The van der Waals surface area contributed by atoms with Crippen LogP contribution >= 0.6 is 0 Å². The van der Waals surface area contributed by atoms with E-state index in [2.05, 4.69) is 26.1 Å². The minimum absolute atomic E-state index is 0.0283. The quantitative estimate of drug-likeness (QED) is 0.709. The van der Waals surface area contributed by atoms with Gasteiger partial charge in [-0.05, 0) is 33.6 Å². The van der Waals surface area contributed by atoms with Crippen LogP contribution in [0.15, 0.2) is 0 Å². The maximum atomic E-state index is 9.50. The summed E-state index contributed by atoms with van der Waals surface area (Å²) in [4.78, 5) is 0. The van der Waals surface area contributed by atoms with Gasteiger partial charge in [0, 0.05) is 12.1 Å². The summed E-state index contributed by atoms with van der Waals surface area (Å²) in [5, 5.41) is 13.0. The largest absolute Gasteiger partial charge is 0.394 e. The molecular formula is C13H27NO2. The maximum absolute atomic E-state index is 9.50. The highest BCUT2D eigenvalue weighted by Gasteiger charge is 2.30. The van der Waals surface area contributed by atoms with Crippen molar-refractivity contribution in [2.45, 2.75) is 64.0 Å². The van der Waals surface area contributed by atoms with Gasteiger partial charge in [0.25, 0.3) is 0 Å². The summed E-state index contributed by atoms with van der Waals surface area (Å²) < 4.78 is 5.67. The first kappa shape index (κ1) is 13.9. The van der Waals surface area contributed by atoms with Gasteiger partial charge in [-0.25, -0.2) is 0 Å². The zero-order valence-corrected chi connectivity index (χ0v) is 11.0. The molecule has 3 heteroatoms. The van der Waals surface area contributed by atoms with E-state index in [1.807, 2.05) is 0 Å². The number of aliphatic hydroxyl groups is 1. The standard InChI is InChI=1S/C13H27NO2/c1-12(2,3)16-10-9-14-13(11-15)7-5-4-6-8-13/h14-15H,4-11H2,1-3H3. The van der Waals surface area contributed by atoms with Crippen LogP contribution in [0.1, 0.15) is 52.9 Å². The van der Waals surface area contributed by atoms with Crippen LogP contribution in [-0.4, -0.2) is 36.0 Å². The Kier molecular flexibility index (Phi) is 5.22. The Morgan fingerprint density at radius 2 is 1.81 bits per heavy atom. The van der Waals surface area contributed by atoms with Crippen LogP contribution < -0.4 is 5.32 Å². The summed E-state index contributed by atoms with van der Waals surface area (Å²) >= 11 is 0. The van der Waals surface area contributed by atoms with Gasteiger partial charge in [0.15, 0.2) is 0 Å². The van der Waals surface area contributed by atoms with Gasteiger partial charge in [0.2, 0.25) is 0 Å². The smallest absolute Gasteiger partial charge is 0.0613 e. The van der Waals surface area contributed by atoms with E-state index in [9.17, 15) is 5.11 Å². The summed E-state index contributed by atoms with van der Waals surface area (Å²) in [6.45, 7) is 7.99. The number of rotatable bonds is 5. The number of ether oxygens (including phenoxy) is 1. The zero-order valence-electron chi connectivity index (χ0n) is 11.0. The number of aliphatic hydroxyl groups excluding tert-OH is 1. The van der Waals surface area contributed by atoms with E-state index in [4.69, 9.17) is 4.74 Å². The van der Waals surface area contributed by atoms with Crippen LogP contribution in [-0.2, 0) is 4.74 Å². The summed E-state index contributed by atoms with van der Waals surface area (Å²) in [6, 6.07) is 0. The topological polar surface area (TPSA) is 41.5 Å². The van der Waals surface area contributed by atoms with Crippen molar-refractivity contribution in [1.29, 1.82) is 0 Å². The molecular weight excluding hydrogens is 202 g/mol. The summed E-state index contributed by atoms with van der Waals surface area (Å²) in [6.07, 6.45) is 5.96. The average molecular weight is 229 g/mol. The lowest BCUT2D eigenvalue weighted by Gasteiger charge is -2.37. The molecule has 3 nitrogen and oxygen atoms in total. The first-order valence-electron chi connectivity index (χ1n) is 6.47. The predicted octanol–water partition coefficient (Wildman–Crippen LogP) is 2.09. The van der Waals surface area contributed by atoms with Gasteiger partial charge >= 0.3 is 0 Å². The van der Waals surface area contributed by atoms with Gasteiger partial charge in [-0.1, -0.05) is 19.3 Å². The molecule has 1 aliphatic rings. The Morgan fingerprint density at radius 1 is 1.19 bits per heavy atom. The highest BCUT2D eigenvalue weighted by Crippen LogP contribution is 2.27. The number of hydrogen-bond acceptors (Lipinski definition) is 3. The lowest BCUT2D eigenvalue weighted by molar-refractivity contribution is -0.00642. The van der Waals surface area contributed by atoms with Crippen molar-refractivity contribution in [3.05, 3.63) is 0 Å². The Morgan fingerprint density at radius 3 is 2.31 bits per heavy atom. The molecule has 1 aliphatic carbocycles. The van der Waals surface area contributed by atoms with E-state index < -0.39 is 0 Å². The third-order valence-corrected chi connectivity index (χ3v) is 3.25. The fourth-order valence-corrected chi connectivity index (χ4v) is 2.29. The van der Waals surface area contributed by atoms with Gasteiger partial charge in [-0.15, -0.1) is 0 Å². The summed E-state index contributed by atoms with van der Waals surface area (Å²) in [5.74, 6) is 0. The second-order valence-electron chi connectivity index (χ2n) is 5.89. The van der Waals surface area contributed by atoms with Gasteiger partial charge in [-0.2, -0.15) is 0 Å². The molecule has 1 fully saturated rings. The minimum Gasteiger partial charge on any atom is -0.394 e. The molecule has 0 spiro atoms. The van der Waals surface area contributed by atoms with E-state index in [0.717, 1.165) is 19.4 Å². The minimum atomic E-state index is -0.0688. The Hall–Kier alpha value is -0.120. The normalized spacial score (nSPS) is 21.0. The average Bonchev–Trinajstić information content (AvgIpc) is 2.25. The van der Waals surface area contributed by atoms with Crippen molar-refractivity contribution in [2.75, 3.05) is 19.8 Å². The SMILES string of the molecule is CC(C)(C)OCCNC1(CO)CCCCC1. The van der Waals surface area contributed by atoms with Crippen molar-refractivity contribution in [2.24, 2.45) is 0 Å². The molecule has 0 heterocycles. The molecule has 0 amide bonds. The fraction of sp³-hybridized carbons (Fsp3) is 1.00. The maximum Gasteiger partial charge on any atom is 0.0613 e. The van der Waals surface area contributed by atoms with E-state index in [1.54, 1.807) is 0 Å². The molecule has 0 bridgehead atoms. The second-order valence-corrected chi connectivity index (χ2v) is 5.89. The highest BCUT2D eigenvalue weighted by atomic mass is 16.5. The van der Waals surface area contributed by atoms with E-state index in [1.165, 1.54) is 19.3 Å². The molecule has 1 rings (SSSR count). The molecule has 0 unspecified atom stereocenters. The third-order valence-electron chi connectivity index (χ3n) is 3.25.